The van der Waals surface area contributed by atoms with E-state index >= 15 is 0 Å². The lowest BCUT2D eigenvalue weighted by molar-refractivity contribution is -0.0764. The maximum absolute atomic E-state index is 11.6. The summed E-state index contributed by atoms with van der Waals surface area (Å²) in [5.41, 5.74) is 4.21. The summed E-state index contributed by atoms with van der Waals surface area (Å²) in [5, 5.41) is 1.39. The number of nitrogens with zero attached hydrogens (tertiary/aromatic N) is 1. The number of para-hydroxylation sites is 1. The van der Waals surface area contributed by atoms with Crippen LogP contribution in [0.3, 0.4) is 0 Å². The Morgan fingerprint density at radius 2 is 2.12 bits per heavy atom. The molecule has 4 heterocycles. The van der Waals surface area contributed by atoms with Gasteiger partial charge in [0, 0.05) is 35.6 Å². The fourth-order valence-electron chi connectivity index (χ4n) is 6.05. The van der Waals surface area contributed by atoms with Crippen molar-refractivity contribution in [3.63, 3.8) is 0 Å². The molecule has 0 amide bonds. The van der Waals surface area contributed by atoms with Gasteiger partial charge in [0.25, 0.3) is 0 Å². The molecule has 0 bridgehead atoms. The van der Waals surface area contributed by atoms with Crippen LogP contribution in [-0.4, -0.2) is 39.9 Å². The first kappa shape index (κ1) is 15.8. The zero-order chi connectivity index (χ0) is 17.3. The Labute approximate surface area is 155 Å². The van der Waals surface area contributed by atoms with Gasteiger partial charge in [0.15, 0.2) is 0 Å². The Balaban J connectivity index is 1.36. The van der Waals surface area contributed by atoms with Gasteiger partial charge < -0.3 is 4.98 Å². The third-order valence-corrected chi connectivity index (χ3v) is 7.98. The molecule has 2 aromatic rings. The lowest BCUT2D eigenvalue weighted by Gasteiger charge is -2.52. The van der Waals surface area contributed by atoms with E-state index in [2.05, 4.69) is 34.1 Å². The minimum atomic E-state index is -1.54. The van der Waals surface area contributed by atoms with Crippen LogP contribution in [0.5, 0.6) is 0 Å². The summed E-state index contributed by atoms with van der Waals surface area (Å²) in [4.78, 5) is 6.43. The molecule has 6 atom stereocenters. The van der Waals surface area contributed by atoms with E-state index < -0.39 is 11.4 Å². The summed E-state index contributed by atoms with van der Waals surface area (Å²) in [5.74, 6) is 1.71. The van der Waals surface area contributed by atoms with Crippen LogP contribution in [-0.2, 0) is 26.1 Å². The number of piperidine rings is 1. The van der Waals surface area contributed by atoms with Crippen molar-refractivity contribution in [1.29, 1.82) is 0 Å². The minimum absolute atomic E-state index is 0.114. The second-order valence-corrected chi connectivity index (χ2v) is 9.18. The summed E-state index contributed by atoms with van der Waals surface area (Å²) in [6, 6.07) is 9.17. The number of benzene rings is 1. The third-order valence-electron chi connectivity index (χ3n) is 7.25. The van der Waals surface area contributed by atoms with Gasteiger partial charge in [0.2, 0.25) is 0 Å². The molecule has 0 spiro atoms. The molecule has 5 nitrogen and oxygen atoms in total. The maximum Gasteiger partial charge on any atom is 0.304 e. The first-order chi connectivity index (χ1) is 12.8. The Morgan fingerprint density at radius 3 is 3.08 bits per heavy atom. The Hall–Kier alpha value is -1.21. The number of fused-ring (bicyclic) bond motifs is 8. The highest BCUT2D eigenvalue weighted by Crippen LogP contribution is 2.50. The van der Waals surface area contributed by atoms with Crippen molar-refractivity contribution in [2.24, 2.45) is 17.8 Å². The van der Waals surface area contributed by atoms with Gasteiger partial charge >= 0.3 is 11.4 Å². The molecule has 2 saturated heterocycles. The summed E-state index contributed by atoms with van der Waals surface area (Å²) in [6.07, 6.45) is 4.63. The van der Waals surface area contributed by atoms with Gasteiger partial charge in [-0.1, -0.05) is 18.2 Å². The molecular formula is C20H24N2O3S. The van der Waals surface area contributed by atoms with Crippen LogP contribution in [0.25, 0.3) is 10.9 Å². The van der Waals surface area contributed by atoms with E-state index in [0.29, 0.717) is 24.5 Å². The van der Waals surface area contributed by atoms with E-state index in [9.17, 15) is 4.21 Å². The average Bonchev–Trinajstić information content (AvgIpc) is 3.05. The SMILES string of the molecule is O=S1OC[C@@H]2[C@H]3C[C@H]4c5[nH]c6ccccc6c5CCN4C[C@@H]3CC[C@@H]2O1. The minimum Gasteiger partial charge on any atom is -0.357 e. The second kappa shape index (κ2) is 5.89. The topological polar surface area (TPSA) is 54.6 Å². The number of H-pyrrole nitrogens is 1. The van der Waals surface area contributed by atoms with E-state index in [4.69, 9.17) is 8.37 Å². The Kier molecular flexibility index (Phi) is 3.58. The van der Waals surface area contributed by atoms with Crippen LogP contribution in [0.4, 0.5) is 0 Å². The van der Waals surface area contributed by atoms with Crippen molar-refractivity contribution in [1.82, 2.24) is 9.88 Å². The lowest BCUT2D eigenvalue weighted by Crippen LogP contribution is -2.54. The smallest absolute Gasteiger partial charge is 0.304 e. The summed E-state index contributed by atoms with van der Waals surface area (Å²) >= 11 is -1.54. The average molecular weight is 372 g/mol. The van der Waals surface area contributed by atoms with E-state index in [0.717, 1.165) is 31.7 Å². The number of hydrogen-bond acceptors (Lipinski definition) is 4. The molecule has 1 N–H and O–H groups in total. The highest BCUT2D eigenvalue weighted by atomic mass is 32.2. The zero-order valence-electron chi connectivity index (χ0n) is 14.7. The summed E-state index contributed by atoms with van der Waals surface area (Å²) in [6.45, 7) is 2.93. The molecule has 1 aliphatic carbocycles. The molecule has 1 saturated carbocycles. The fraction of sp³-hybridized carbons (Fsp3) is 0.600. The van der Waals surface area contributed by atoms with Crippen molar-refractivity contribution >= 4 is 22.3 Å². The maximum atomic E-state index is 11.6. The van der Waals surface area contributed by atoms with Crippen molar-refractivity contribution in [2.75, 3.05) is 19.7 Å². The largest absolute Gasteiger partial charge is 0.357 e. The molecule has 1 aromatic carbocycles. The number of nitrogens with one attached hydrogen (secondary N) is 1. The molecule has 26 heavy (non-hydrogen) atoms. The van der Waals surface area contributed by atoms with Gasteiger partial charge in [-0.3, -0.25) is 13.3 Å². The van der Waals surface area contributed by atoms with Gasteiger partial charge in [0.05, 0.1) is 18.8 Å². The van der Waals surface area contributed by atoms with Gasteiger partial charge in [-0.2, -0.15) is 4.21 Å². The van der Waals surface area contributed by atoms with E-state index in [-0.39, 0.29) is 6.10 Å². The first-order valence-electron chi connectivity index (χ1n) is 9.83. The molecule has 138 valence electrons. The molecular weight excluding hydrogens is 348 g/mol. The highest BCUT2D eigenvalue weighted by molar-refractivity contribution is 7.75. The zero-order valence-corrected chi connectivity index (χ0v) is 15.5. The van der Waals surface area contributed by atoms with Crippen LogP contribution in [0, 0.1) is 17.8 Å². The van der Waals surface area contributed by atoms with Crippen LogP contribution in [0.2, 0.25) is 0 Å². The molecule has 1 unspecified atom stereocenters. The monoisotopic (exact) mass is 372 g/mol. The van der Waals surface area contributed by atoms with E-state index in [1.165, 1.54) is 35.1 Å². The van der Waals surface area contributed by atoms with Crippen LogP contribution in [0.15, 0.2) is 24.3 Å². The quantitative estimate of drug-likeness (QED) is 0.772. The summed E-state index contributed by atoms with van der Waals surface area (Å²) in [7, 11) is 0. The lowest BCUT2D eigenvalue weighted by atomic mass is 9.65. The second-order valence-electron chi connectivity index (χ2n) is 8.35. The van der Waals surface area contributed by atoms with Crippen LogP contribution >= 0.6 is 0 Å². The Bertz CT molecular complexity index is 881. The molecule has 0 radical (unpaired) electrons. The number of aromatic amines is 1. The molecule has 3 aliphatic heterocycles. The van der Waals surface area contributed by atoms with Crippen LogP contribution < -0.4 is 0 Å². The van der Waals surface area contributed by atoms with Crippen molar-refractivity contribution in [3.05, 3.63) is 35.5 Å². The Morgan fingerprint density at radius 1 is 1.19 bits per heavy atom. The fourth-order valence-corrected chi connectivity index (χ4v) is 6.82. The molecule has 6 rings (SSSR count). The number of aromatic nitrogens is 1. The van der Waals surface area contributed by atoms with Crippen molar-refractivity contribution < 1.29 is 12.6 Å². The van der Waals surface area contributed by atoms with Gasteiger partial charge in [-0.05, 0) is 49.1 Å². The van der Waals surface area contributed by atoms with Crippen molar-refractivity contribution in [2.45, 2.75) is 37.8 Å². The van der Waals surface area contributed by atoms with Gasteiger partial charge in [-0.25, -0.2) is 0 Å². The molecule has 6 heteroatoms. The molecule has 4 aliphatic rings. The van der Waals surface area contributed by atoms with E-state index in [1.54, 1.807) is 0 Å². The van der Waals surface area contributed by atoms with E-state index in [1.807, 2.05) is 0 Å². The third kappa shape index (κ3) is 2.29. The number of rotatable bonds is 0. The number of hydrogen-bond donors (Lipinski definition) is 1. The van der Waals surface area contributed by atoms with Gasteiger partial charge in [0.1, 0.15) is 0 Å². The van der Waals surface area contributed by atoms with Gasteiger partial charge in [-0.15, -0.1) is 0 Å². The highest BCUT2D eigenvalue weighted by Gasteiger charge is 2.49. The predicted molar refractivity (Wildman–Crippen MR) is 99.6 cm³/mol. The van der Waals surface area contributed by atoms with Crippen LogP contribution in [0.1, 0.15) is 36.6 Å². The molecule has 3 fully saturated rings. The standard InChI is InChI=1S/C20H24N2O3S/c23-26-24-11-16-15-9-18-20-14(13-3-1-2-4-17(13)21-20)7-8-22(18)10-12(15)5-6-19(16)25-26/h1-4,12,15-16,18-19,21H,5-11H2/t12-,15-,16+,18-,19-,26?/m0/s1. The van der Waals surface area contributed by atoms with Crippen molar-refractivity contribution in [3.8, 4) is 0 Å². The molecule has 1 aromatic heterocycles. The predicted octanol–water partition coefficient (Wildman–Crippen LogP) is 3.11. The normalized spacial score (nSPS) is 39.7. The first-order valence-corrected chi connectivity index (χ1v) is 10.8. The summed E-state index contributed by atoms with van der Waals surface area (Å²) < 4.78 is 22.6.